The molecule has 3 aromatic carbocycles. The van der Waals surface area contributed by atoms with E-state index in [4.69, 9.17) is 4.74 Å². The van der Waals surface area contributed by atoms with Gasteiger partial charge in [-0.2, -0.15) is 0 Å². The van der Waals surface area contributed by atoms with Crippen molar-refractivity contribution in [2.75, 3.05) is 6.61 Å². The molecule has 0 spiro atoms. The summed E-state index contributed by atoms with van der Waals surface area (Å²) in [5.41, 5.74) is 1.03. The lowest BCUT2D eigenvalue weighted by atomic mass is 9.96. The number of amides is 2. The summed E-state index contributed by atoms with van der Waals surface area (Å²) in [7, 11) is 0. The van der Waals surface area contributed by atoms with Crippen molar-refractivity contribution in [3.63, 3.8) is 0 Å². The summed E-state index contributed by atoms with van der Waals surface area (Å²) in [4.78, 5) is 29.2. The van der Waals surface area contributed by atoms with Crippen LogP contribution in [0.4, 0.5) is 8.78 Å². The van der Waals surface area contributed by atoms with Gasteiger partial charge in [-0.3, -0.25) is 14.9 Å². The Morgan fingerprint density at radius 3 is 2.24 bits per heavy atom. The Labute approximate surface area is 210 Å². The summed E-state index contributed by atoms with van der Waals surface area (Å²) in [6.45, 7) is -0.694. The van der Waals surface area contributed by atoms with Crippen molar-refractivity contribution in [2.24, 2.45) is 0 Å². The first kappa shape index (κ1) is 23.2. The fraction of sp³-hybridized carbons (Fsp3) is 0.231. The molecule has 1 saturated heterocycles. The zero-order valence-electron chi connectivity index (χ0n) is 19.3. The molecule has 4 heterocycles. The quantitative estimate of drug-likeness (QED) is 0.192. The third kappa shape index (κ3) is 2.86. The number of rotatable bonds is 2. The molecule has 1 fully saturated rings. The highest BCUT2D eigenvalue weighted by molar-refractivity contribution is 6.39. The molecule has 2 aromatic heterocycles. The van der Waals surface area contributed by atoms with Gasteiger partial charge in [0, 0.05) is 27.1 Å². The second kappa shape index (κ2) is 7.79. The fourth-order valence-corrected chi connectivity index (χ4v) is 5.88. The second-order valence-electron chi connectivity index (χ2n) is 9.57. The number of fused-ring (bicyclic) bond motifs is 10. The number of hydrogen-bond acceptors (Lipinski definition) is 7. The zero-order chi connectivity index (χ0) is 26.6. The van der Waals surface area contributed by atoms with Crippen molar-refractivity contribution >= 4 is 55.4 Å². The Morgan fingerprint density at radius 1 is 0.868 bits per heavy atom. The Bertz CT molecular complexity index is 1860. The first-order valence-electron chi connectivity index (χ1n) is 11.8. The highest BCUT2D eigenvalue weighted by atomic mass is 19.1. The number of hydrogen-bond donors (Lipinski definition) is 6. The molecule has 12 heteroatoms. The van der Waals surface area contributed by atoms with Crippen molar-refractivity contribution in [2.45, 2.75) is 30.6 Å². The number of carbonyl (C=O) groups excluding carboxylic acids is 2. The summed E-state index contributed by atoms with van der Waals surface area (Å²) < 4.78 is 36.0. The summed E-state index contributed by atoms with van der Waals surface area (Å²) >= 11 is 0. The van der Waals surface area contributed by atoms with Crippen LogP contribution in [0.25, 0.3) is 43.6 Å². The van der Waals surface area contributed by atoms with Gasteiger partial charge < -0.3 is 34.7 Å². The third-order valence-corrected chi connectivity index (χ3v) is 7.52. The number of ether oxygens (including phenoxy) is 1. The molecule has 1 unspecified atom stereocenters. The van der Waals surface area contributed by atoms with Crippen LogP contribution in [-0.2, 0) is 4.74 Å². The van der Waals surface area contributed by atoms with E-state index in [1.54, 1.807) is 0 Å². The SMILES string of the molecule is O=C1NC(=O)c2c1c1c3ccc(F)cc3[nH]c1c1c2c2ccc(F)cc2n1C1O[C@H](CO)[C@@H](O)[C@H](O)[C@H]1O. The normalized spacial score (nSPS) is 25.7. The van der Waals surface area contributed by atoms with E-state index in [1.165, 1.54) is 34.9 Å². The molecule has 0 radical (unpaired) electrons. The van der Waals surface area contributed by atoms with Gasteiger partial charge in [0.2, 0.25) is 0 Å². The maximum atomic E-state index is 14.6. The van der Waals surface area contributed by atoms with Crippen LogP contribution in [0.5, 0.6) is 0 Å². The van der Waals surface area contributed by atoms with E-state index < -0.39 is 60.7 Å². The van der Waals surface area contributed by atoms with Crippen LogP contribution in [0, 0.1) is 11.6 Å². The van der Waals surface area contributed by atoms with Crippen LogP contribution >= 0.6 is 0 Å². The van der Waals surface area contributed by atoms with E-state index in [9.17, 15) is 38.8 Å². The molecule has 5 atom stereocenters. The van der Waals surface area contributed by atoms with Crippen molar-refractivity contribution in [1.82, 2.24) is 14.9 Å². The number of imide groups is 1. The van der Waals surface area contributed by atoms with Crippen LogP contribution in [-0.4, -0.2) is 72.8 Å². The van der Waals surface area contributed by atoms with Crippen molar-refractivity contribution in [3.05, 3.63) is 59.2 Å². The Kier molecular flexibility index (Phi) is 4.75. The van der Waals surface area contributed by atoms with Gasteiger partial charge in [-0.25, -0.2) is 8.78 Å². The number of nitrogens with zero attached hydrogens (tertiary/aromatic N) is 1. The molecule has 2 aliphatic rings. The second-order valence-corrected chi connectivity index (χ2v) is 9.57. The van der Waals surface area contributed by atoms with Crippen LogP contribution in [0.15, 0.2) is 36.4 Å². The molecule has 2 amide bonds. The number of carbonyl (C=O) groups is 2. The first-order chi connectivity index (χ1) is 18.2. The number of nitrogens with one attached hydrogen (secondary N) is 2. The molecule has 7 rings (SSSR count). The fourth-order valence-electron chi connectivity index (χ4n) is 5.88. The van der Waals surface area contributed by atoms with E-state index in [1.807, 2.05) is 0 Å². The van der Waals surface area contributed by atoms with E-state index in [0.717, 1.165) is 6.07 Å². The van der Waals surface area contributed by atoms with E-state index in [2.05, 4.69) is 10.3 Å². The maximum Gasteiger partial charge on any atom is 0.259 e. The molecule has 6 N–H and O–H groups in total. The number of aromatic nitrogens is 2. The summed E-state index contributed by atoms with van der Waals surface area (Å²) in [6, 6.07) is 7.63. The minimum atomic E-state index is -1.74. The minimum absolute atomic E-state index is 0.0164. The van der Waals surface area contributed by atoms with Gasteiger partial charge in [0.25, 0.3) is 11.8 Å². The number of H-pyrrole nitrogens is 1. The number of aliphatic hydroxyl groups is 4. The van der Waals surface area contributed by atoms with Crippen LogP contribution in [0.3, 0.4) is 0 Å². The summed E-state index contributed by atoms with van der Waals surface area (Å²) in [5.74, 6) is -2.55. The van der Waals surface area contributed by atoms with E-state index in [0.29, 0.717) is 21.7 Å². The number of benzene rings is 3. The molecule has 5 aromatic rings. The number of halogens is 2. The van der Waals surface area contributed by atoms with Crippen LogP contribution in [0.1, 0.15) is 26.9 Å². The largest absolute Gasteiger partial charge is 0.394 e. The van der Waals surface area contributed by atoms with Crippen LogP contribution in [0.2, 0.25) is 0 Å². The lowest BCUT2D eigenvalue weighted by Gasteiger charge is -2.41. The molecule has 2 aliphatic heterocycles. The van der Waals surface area contributed by atoms with E-state index in [-0.39, 0.29) is 33.1 Å². The predicted octanol–water partition coefficient (Wildman–Crippen LogP) is 1.56. The molecule has 10 nitrogen and oxygen atoms in total. The average Bonchev–Trinajstić information content (AvgIpc) is 3.51. The van der Waals surface area contributed by atoms with Gasteiger partial charge in [-0.15, -0.1) is 0 Å². The first-order valence-corrected chi connectivity index (χ1v) is 11.8. The standard InChI is InChI=1S/C26H19F2N3O7/c27-8-1-3-10-12(5-8)29-19-15(10)17-18(25(37)30-24(17)36)16-11-4-2-9(28)6-13(11)31(20(16)19)26-23(35)22(34)21(33)14(7-32)38-26/h1-6,14,21-23,26,29,32-35H,7H2,(H,30,36,37)/t14-,21-,22+,23-,26?/m1/s1. The van der Waals surface area contributed by atoms with Gasteiger partial charge >= 0.3 is 0 Å². The third-order valence-electron chi connectivity index (χ3n) is 7.52. The lowest BCUT2D eigenvalue weighted by Crippen LogP contribution is -2.56. The topological polar surface area (TPSA) is 157 Å². The van der Waals surface area contributed by atoms with Gasteiger partial charge in [-0.1, -0.05) is 0 Å². The van der Waals surface area contributed by atoms with E-state index >= 15 is 0 Å². The molecule has 0 saturated carbocycles. The smallest absolute Gasteiger partial charge is 0.259 e. The molecule has 0 bridgehead atoms. The Morgan fingerprint density at radius 2 is 1.53 bits per heavy atom. The molecular weight excluding hydrogens is 504 g/mol. The zero-order valence-corrected chi connectivity index (χ0v) is 19.3. The van der Waals surface area contributed by atoms with Crippen molar-refractivity contribution in [3.8, 4) is 0 Å². The van der Waals surface area contributed by atoms with Gasteiger partial charge in [0.15, 0.2) is 6.23 Å². The Balaban J connectivity index is 1.72. The summed E-state index contributed by atoms with van der Waals surface area (Å²) in [5, 5.41) is 45.2. The average molecular weight is 523 g/mol. The monoisotopic (exact) mass is 523 g/mol. The molecule has 194 valence electrons. The number of aromatic amines is 1. The van der Waals surface area contributed by atoms with Gasteiger partial charge in [0.1, 0.15) is 36.1 Å². The highest BCUT2D eigenvalue weighted by Gasteiger charge is 2.46. The summed E-state index contributed by atoms with van der Waals surface area (Å²) in [6.07, 6.45) is -7.85. The van der Waals surface area contributed by atoms with Crippen molar-refractivity contribution in [1.29, 1.82) is 0 Å². The minimum Gasteiger partial charge on any atom is -0.394 e. The highest BCUT2D eigenvalue weighted by Crippen LogP contribution is 2.46. The van der Waals surface area contributed by atoms with Crippen molar-refractivity contribution < 1.29 is 43.5 Å². The molecule has 38 heavy (non-hydrogen) atoms. The molecule has 0 aliphatic carbocycles. The van der Waals surface area contributed by atoms with Crippen LogP contribution < -0.4 is 5.32 Å². The number of aliphatic hydroxyl groups excluding tert-OH is 4. The Hall–Kier alpha value is -3.94. The predicted molar refractivity (Wildman–Crippen MR) is 130 cm³/mol. The van der Waals surface area contributed by atoms with Gasteiger partial charge in [-0.05, 0) is 36.4 Å². The van der Waals surface area contributed by atoms with Gasteiger partial charge in [0.05, 0.1) is 34.3 Å². The lowest BCUT2D eigenvalue weighted by molar-refractivity contribution is -0.249. The maximum absolute atomic E-state index is 14.6. The molecular formula is C26H19F2N3O7.